The van der Waals surface area contributed by atoms with E-state index in [0.717, 1.165) is 31.2 Å². The first-order valence-electron chi connectivity index (χ1n) is 8.72. The summed E-state index contributed by atoms with van der Waals surface area (Å²) in [6, 6.07) is 17.8. The van der Waals surface area contributed by atoms with Crippen molar-refractivity contribution >= 4 is 10.0 Å². The molecule has 1 fully saturated rings. The molecule has 0 bridgehead atoms. The average Bonchev–Trinajstić information content (AvgIpc) is 2.63. The molecule has 1 saturated heterocycles. The van der Waals surface area contributed by atoms with Crippen molar-refractivity contribution in [2.24, 2.45) is 5.92 Å². The van der Waals surface area contributed by atoms with Crippen LogP contribution < -0.4 is 0 Å². The van der Waals surface area contributed by atoms with Crippen molar-refractivity contribution in [1.29, 1.82) is 0 Å². The van der Waals surface area contributed by atoms with Crippen LogP contribution in [0.2, 0.25) is 0 Å². The van der Waals surface area contributed by atoms with Gasteiger partial charge in [0.1, 0.15) is 0 Å². The molecule has 0 radical (unpaired) electrons. The van der Waals surface area contributed by atoms with Crippen LogP contribution in [-0.2, 0) is 22.9 Å². The Bertz CT molecular complexity index is 746. The first kappa shape index (κ1) is 17.2. The quantitative estimate of drug-likeness (QED) is 0.826. The lowest BCUT2D eigenvalue weighted by molar-refractivity contribution is 0.273. The molecule has 2 aromatic rings. The highest BCUT2D eigenvalue weighted by atomic mass is 32.2. The van der Waals surface area contributed by atoms with Crippen LogP contribution in [0.5, 0.6) is 0 Å². The zero-order valence-corrected chi connectivity index (χ0v) is 15.0. The molecule has 4 heteroatoms. The van der Waals surface area contributed by atoms with Gasteiger partial charge in [-0.2, -0.15) is 4.31 Å². The molecular formula is C20H25NO2S. The molecule has 24 heavy (non-hydrogen) atoms. The lowest BCUT2D eigenvalue weighted by Gasteiger charge is -2.31. The van der Waals surface area contributed by atoms with Crippen LogP contribution in [0.3, 0.4) is 0 Å². The first-order valence-corrected chi connectivity index (χ1v) is 10.2. The van der Waals surface area contributed by atoms with Gasteiger partial charge in [0, 0.05) is 13.1 Å². The van der Waals surface area contributed by atoms with Crippen LogP contribution in [0.15, 0.2) is 59.5 Å². The molecule has 0 aliphatic carbocycles. The maximum absolute atomic E-state index is 12.8. The van der Waals surface area contributed by atoms with Gasteiger partial charge < -0.3 is 0 Å². The topological polar surface area (TPSA) is 37.4 Å². The normalized spacial score (nSPS) is 17.0. The number of rotatable bonds is 5. The van der Waals surface area contributed by atoms with Crippen molar-refractivity contribution in [2.45, 2.75) is 37.5 Å². The lowest BCUT2D eigenvalue weighted by atomic mass is 9.91. The largest absolute Gasteiger partial charge is 0.243 e. The van der Waals surface area contributed by atoms with Crippen LogP contribution in [0.4, 0.5) is 0 Å². The molecule has 0 spiro atoms. The standard InChI is InChI=1S/C20H25NO2S/c1-2-17-8-10-20(11-9-17)24(22,23)21-14-12-19(13-15-21)16-18-6-4-3-5-7-18/h3-11,19H,2,12-16H2,1H3. The second-order valence-electron chi connectivity index (χ2n) is 6.53. The number of aryl methyl sites for hydroxylation is 1. The SMILES string of the molecule is CCc1ccc(S(=O)(=O)N2CCC(Cc3ccccc3)CC2)cc1. The molecule has 128 valence electrons. The van der Waals surface area contributed by atoms with E-state index < -0.39 is 10.0 Å². The third-order valence-corrected chi connectivity index (χ3v) is 6.82. The lowest BCUT2D eigenvalue weighted by Crippen LogP contribution is -2.38. The van der Waals surface area contributed by atoms with Crippen molar-refractivity contribution in [3.05, 3.63) is 65.7 Å². The predicted octanol–water partition coefficient (Wildman–Crippen LogP) is 3.89. The third kappa shape index (κ3) is 3.87. The Labute approximate surface area is 145 Å². The summed E-state index contributed by atoms with van der Waals surface area (Å²) in [6.45, 7) is 3.31. The Hall–Kier alpha value is -1.65. The van der Waals surface area contributed by atoms with E-state index in [4.69, 9.17) is 0 Å². The van der Waals surface area contributed by atoms with Gasteiger partial charge in [-0.1, -0.05) is 49.4 Å². The summed E-state index contributed by atoms with van der Waals surface area (Å²) >= 11 is 0. The van der Waals surface area contributed by atoms with E-state index in [9.17, 15) is 8.42 Å². The predicted molar refractivity (Wildman–Crippen MR) is 97.4 cm³/mol. The molecule has 1 aliphatic heterocycles. The fourth-order valence-electron chi connectivity index (χ4n) is 3.35. The first-order chi connectivity index (χ1) is 11.6. The van der Waals surface area contributed by atoms with Gasteiger partial charge in [0.05, 0.1) is 4.90 Å². The van der Waals surface area contributed by atoms with E-state index in [0.29, 0.717) is 23.9 Å². The van der Waals surface area contributed by atoms with E-state index in [1.54, 1.807) is 16.4 Å². The summed E-state index contributed by atoms with van der Waals surface area (Å²) in [7, 11) is -3.35. The average molecular weight is 343 g/mol. The van der Waals surface area contributed by atoms with Gasteiger partial charge in [-0.3, -0.25) is 0 Å². The smallest absolute Gasteiger partial charge is 0.207 e. The summed E-state index contributed by atoms with van der Waals surface area (Å²) in [6.07, 6.45) is 3.83. The van der Waals surface area contributed by atoms with Gasteiger partial charge in [0.15, 0.2) is 0 Å². The van der Waals surface area contributed by atoms with Gasteiger partial charge in [-0.25, -0.2) is 8.42 Å². The fourth-order valence-corrected chi connectivity index (χ4v) is 4.82. The van der Waals surface area contributed by atoms with Gasteiger partial charge in [-0.05, 0) is 54.9 Å². The van der Waals surface area contributed by atoms with E-state index in [2.05, 4.69) is 31.2 Å². The van der Waals surface area contributed by atoms with Crippen molar-refractivity contribution in [2.75, 3.05) is 13.1 Å². The highest BCUT2D eigenvalue weighted by molar-refractivity contribution is 7.89. The second-order valence-corrected chi connectivity index (χ2v) is 8.47. The highest BCUT2D eigenvalue weighted by Crippen LogP contribution is 2.26. The van der Waals surface area contributed by atoms with Gasteiger partial charge >= 0.3 is 0 Å². The number of nitrogens with zero attached hydrogens (tertiary/aromatic N) is 1. The van der Waals surface area contributed by atoms with Crippen molar-refractivity contribution < 1.29 is 8.42 Å². The van der Waals surface area contributed by atoms with Crippen LogP contribution in [-0.4, -0.2) is 25.8 Å². The van der Waals surface area contributed by atoms with Gasteiger partial charge in [-0.15, -0.1) is 0 Å². The maximum Gasteiger partial charge on any atom is 0.243 e. The maximum atomic E-state index is 12.8. The molecule has 3 nitrogen and oxygen atoms in total. The summed E-state index contributed by atoms with van der Waals surface area (Å²) in [4.78, 5) is 0.418. The number of sulfonamides is 1. The van der Waals surface area contributed by atoms with Crippen LogP contribution >= 0.6 is 0 Å². The molecule has 0 atom stereocenters. The van der Waals surface area contributed by atoms with Gasteiger partial charge in [0.25, 0.3) is 0 Å². The zero-order valence-electron chi connectivity index (χ0n) is 14.2. The Balaban J connectivity index is 1.62. The monoisotopic (exact) mass is 343 g/mol. The summed E-state index contributed by atoms with van der Waals surface area (Å²) in [5, 5.41) is 0. The third-order valence-electron chi connectivity index (χ3n) is 4.91. The molecule has 1 aliphatic rings. The zero-order chi connectivity index (χ0) is 17.0. The molecule has 0 aromatic heterocycles. The van der Waals surface area contributed by atoms with Crippen molar-refractivity contribution in [1.82, 2.24) is 4.31 Å². The van der Waals surface area contributed by atoms with E-state index in [1.807, 2.05) is 18.2 Å². The molecule has 2 aromatic carbocycles. The molecule has 1 heterocycles. The minimum Gasteiger partial charge on any atom is -0.207 e. The summed E-state index contributed by atoms with van der Waals surface area (Å²) in [5.74, 6) is 0.571. The molecule has 0 saturated carbocycles. The molecule has 0 amide bonds. The fraction of sp³-hybridized carbons (Fsp3) is 0.400. The minimum absolute atomic E-state index is 0.418. The Morgan fingerprint density at radius 3 is 2.12 bits per heavy atom. The van der Waals surface area contributed by atoms with Crippen molar-refractivity contribution in [3.8, 4) is 0 Å². The second kappa shape index (κ2) is 7.49. The number of piperidine rings is 1. The van der Waals surface area contributed by atoms with Crippen LogP contribution in [0, 0.1) is 5.92 Å². The Kier molecular flexibility index (Phi) is 5.36. The Morgan fingerprint density at radius 2 is 1.54 bits per heavy atom. The number of hydrogen-bond donors (Lipinski definition) is 0. The summed E-state index contributed by atoms with van der Waals surface area (Å²) < 4.78 is 27.2. The van der Waals surface area contributed by atoms with E-state index >= 15 is 0 Å². The van der Waals surface area contributed by atoms with E-state index in [1.165, 1.54) is 5.56 Å². The number of hydrogen-bond acceptors (Lipinski definition) is 2. The van der Waals surface area contributed by atoms with Crippen LogP contribution in [0.25, 0.3) is 0 Å². The number of benzene rings is 2. The Morgan fingerprint density at radius 1 is 0.917 bits per heavy atom. The molecule has 0 unspecified atom stereocenters. The summed E-state index contributed by atoms with van der Waals surface area (Å²) in [5.41, 5.74) is 2.50. The minimum atomic E-state index is -3.35. The molecule has 3 rings (SSSR count). The molecular weight excluding hydrogens is 318 g/mol. The van der Waals surface area contributed by atoms with Crippen molar-refractivity contribution in [3.63, 3.8) is 0 Å². The van der Waals surface area contributed by atoms with Crippen LogP contribution in [0.1, 0.15) is 30.9 Å². The molecule has 0 N–H and O–H groups in total. The van der Waals surface area contributed by atoms with E-state index in [-0.39, 0.29) is 0 Å². The van der Waals surface area contributed by atoms with Gasteiger partial charge in [0.2, 0.25) is 10.0 Å². The highest BCUT2D eigenvalue weighted by Gasteiger charge is 2.29.